The van der Waals surface area contributed by atoms with Crippen LogP contribution in [0, 0.1) is 11.8 Å². The average Bonchev–Trinajstić information content (AvgIpc) is 2.33. The molecular weight excluding hydrogens is 240 g/mol. The predicted octanol–water partition coefficient (Wildman–Crippen LogP) is -1.99. The Morgan fingerprint density at radius 1 is 1.17 bits per heavy atom. The van der Waals surface area contributed by atoms with E-state index in [4.69, 9.17) is 16.4 Å². The molecule has 0 saturated carbocycles. The summed E-state index contributed by atoms with van der Waals surface area (Å²) in [7, 11) is 0. The van der Waals surface area contributed by atoms with Crippen molar-refractivity contribution in [3.8, 4) is 0 Å². The SMILES string of the molecule is CC(C)COC[C@H](O)CC(C(=O)NN)C(=O)NN. The molecule has 106 valence electrons. The molecule has 7 N–H and O–H groups in total. The van der Waals surface area contributed by atoms with Gasteiger partial charge in [-0.3, -0.25) is 20.4 Å². The first-order valence-corrected chi connectivity index (χ1v) is 5.69. The molecule has 0 spiro atoms. The van der Waals surface area contributed by atoms with Crippen LogP contribution >= 0.6 is 0 Å². The molecular formula is C10H22N4O4. The highest BCUT2D eigenvalue weighted by atomic mass is 16.5. The van der Waals surface area contributed by atoms with Crippen molar-refractivity contribution in [2.75, 3.05) is 13.2 Å². The fourth-order valence-corrected chi connectivity index (χ4v) is 1.31. The fourth-order valence-electron chi connectivity index (χ4n) is 1.31. The van der Waals surface area contributed by atoms with Gasteiger partial charge in [-0.05, 0) is 12.3 Å². The van der Waals surface area contributed by atoms with Crippen molar-refractivity contribution < 1.29 is 19.4 Å². The zero-order chi connectivity index (χ0) is 14.1. The topological polar surface area (TPSA) is 140 Å². The van der Waals surface area contributed by atoms with Crippen LogP contribution in [0.2, 0.25) is 0 Å². The molecule has 0 heterocycles. The summed E-state index contributed by atoms with van der Waals surface area (Å²) in [5, 5.41) is 9.65. The number of rotatable bonds is 8. The van der Waals surface area contributed by atoms with Gasteiger partial charge in [-0.25, -0.2) is 11.7 Å². The predicted molar refractivity (Wildman–Crippen MR) is 64.4 cm³/mol. The first kappa shape index (κ1) is 16.8. The number of aliphatic hydroxyl groups is 1. The zero-order valence-electron chi connectivity index (χ0n) is 10.7. The normalized spacial score (nSPS) is 12.6. The second kappa shape index (κ2) is 8.81. The van der Waals surface area contributed by atoms with Crippen LogP contribution in [0.25, 0.3) is 0 Å². The monoisotopic (exact) mass is 262 g/mol. The van der Waals surface area contributed by atoms with E-state index in [-0.39, 0.29) is 13.0 Å². The molecule has 0 bridgehead atoms. The molecule has 0 aliphatic rings. The van der Waals surface area contributed by atoms with Crippen molar-refractivity contribution in [3.63, 3.8) is 0 Å². The summed E-state index contributed by atoms with van der Waals surface area (Å²) in [6.45, 7) is 4.48. The molecule has 1 atom stereocenters. The maximum absolute atomic E-state index is 11.3. The van der Waals surface area contributed by atoms with Crippen LogP contribution in [0.5, 0.6) is 0 Å². The summed E-state index contributed by atoms with van der Waals surface area (Å²) >= 11 is 0. The van der Waals surface area contributed by atoms with Gasteiger partial charge in [0.2, 0.25) is 11.8 Å². The molecule has 0 aromatic heterocycles. The van der Waals surface area contributed by atoms with Gasteiger partial charge in [-0.2, -0.15) is 0 Å². The van der Waals surface area contributed by atoms with E-state index < -0.39 is 23.8 Å². The van der Waals surface area contributed by atoms with Crippen molar-refractivity contribution >= 4 is 11.8 Å². The second-order valence-electron chi connectivity index (χ2n) is 4.39. The van der Waals surface area contributed by atoms with E-state index in [1.165, 1.54) is 0 Å². The van der Waals surface area contributed by atoms with Gasteiger partial charge in [-0.1, -0.05) is 13.8 Å². The van der Waals surface area contributed by atoms with Crippen LogP contribution < -0.4 is 22.5 Å². The Labute approximate surface area is 106 Å². The summed E-state index contributed by atoms with van der Waals surface area (Å²) in [5.41, 5.74) is 3.71. The molecule has 0 aliphatic carbocycles. The highest BCUT2D eigenvalue weighted by Crippen LogP contribution is 2.08. The summed E-state index contributed by atoms with van der Waals surface area (Å²) < 4.78 is 5.21. The Hall–Kier alpha value is -1.22. The lowest BCUT2D eigenvalue weighted by molar-refractivity contribution is -0.137. The largest absolute Gasteiger partial charge is 0.391 e. The Balaban J connectivity index is 4.23. The smallest absolute Gasteiger partial charge is 0.246 e. The van der Waals surface area contributed by atoms with Crippen LogP contribution in [0.15, 0.2) is 0 Å². The minimum Gasteiger partial charge on any atom is -0.391 e. The van der Waals surface area contributed by atoms with Crippen molar-refractivity contribution in [2.24, 2.45) is 23.5 Å². The minimum absolute atomic E-state index is 0.0460. The van der Waals surface area contributed by atoms with Crippen LogP contribution in [-0.2, 0) is 14.3 Å². The van der Waals surface area contributed by atoms with Crippen molar-refractivity contribution in [1.82, 2.24) is 10.9 Å². The van der Waals surface area contributed by atoms with E-state index in [1.807, 2.05) is 24.7 Å². The van der Waals surface area contributed by atoms with Gasteiger partial charge in [0.25, 0.3) is 0 Å². The second-order valence-corrected chi connectivity index (χ2v) is 4.39. The molecule has 0 radical (unpaired) electrons. The molecule has 0 aromatic rings. The zero-order valence-corrected chi connectivity index (χ0v) is 10.7. The van der Waals surface area contributed by atoms with E-state index in [2.05, 4.69) is 0 Å². The molecule has 0 aliphatic heterocycles. The van der Waals surface area contributed by atoms with E-state index in [0.29, 0.717) is 12.5 Å². The summed E-state index contributed by atoms with van der Waals surface area (Å²) in [5.74, 6) is 7.68. The highest BCUT2D eigenvalue weighted by molar-refractivity contribution is 5.99. The van der Waals surface area contributed by atoms with Gasteiger partial charge in [0.1, 0.15) is 5.92 Å². The van der Waals surface area contributed by atoms with Crippen LogP contribution in [0.4, 0.5) is 0 Å². The van der Waals surface area contributed by atoms with Gasteiger partial charge in [0.15, 0.2) is 0 Å². The van der Waals surface area contributed by atoms with E-state index in [9.17, 15) is 14.7 Å². The number of hydrogen-bond acceptors (Lipinski definition) is 6. The van der Waals surface area contributed by atoms with Crippen LogP contribution in [0.3, 0.4) is 0 Å². The first-order valence-electron chi connectivity index (χ1n) is 5.69. The maximum atomic E-state index is 11.3. The maximum Gasteiger partial charge on any atom is 0.246 e. The standard InChI is InChI=1S/C10H22N4O4/c1-6(2)4-18-5-7(15)3-8(9(16)13-11)10(17)14-12/h6-8,15H,3-5,11-12H2,1-2H3,(H,13,16)(H,14,17)/t7-/m1/s1. The number of carbonyl (C=O) groups is 2. The van der Waals surface area contributed by atoms with Gasteiger partial charge in [-0.15, -0.1) is 0 Å². The first-order chi connectivity index (χ1) is 8.42. The number of carbonyl (C=O) groups excluding carboxylic acids is 2. The molecule has 18 heavy (non-hydrogen) atoms. The Bertz CT molecular complexity index is 257. The van der Waals surface area contributed by atoms with Crippen molar-refractivity contribution in [3.05, 3.63) is 0 Å². The number of aliphatic hydroxyl groups excluding tert-OH is 1. The summed E-state index contributed by atoms with van der Waals surface area (Å²) in [4.78, 5) is 22.7. The summed E-state index contributed by atoms with van der Waals surface area (Å²) in [6, 6.07) is 0. The number of amides is 2. The van der Waals surface area contributed by atoms with Gasteiger partial charge < -0.3 is 9.84 Å². The fraction of sp³-hybridized carbons (Fsp3) is 0.800. The average molecular weight is 262 g/mol. The lowest BCUT2D eigenvalue weighted by atomic mass is 10.0. The Morgan fingerprint density at radius 2 is 1.67 bits per heavy atom. The third-order valence-corrected chi connectivity index (χ3v) is 2.19. The lowest BCUT2D eigenvalue weighted by Gasteiger charge is -2.18. The molecule has 8 heteroatoms. The Kier molecular flexibility index (Phi) is 8.21. The quantitative estimate of drug-likeness (QED) is 0.148. The molecule has 8 nitrogen and oxygen atoms in total. The molecule has 0 saturated heterocycles. The summed E-state index contributed by atoms with van der Waals surface area (Å²) in [6.07, 6.45) is -1.05. The van der Waals surface area contributed by atoms with Gasteiger partial charge >= 0.3 is 0 Å². The third kappa shape index (κ3) is 6.50. The molecule has 2 amide bonds. The van der Waals surface area contributed by atoms with Crippen LogP contribution in [-0.4, -0.2) is 36.2 Å². The van der Waals surface area contributed by atoms with E-state index in [1.54, 1.807) is 0 Å². The van der Waals surface area contributed by atoms with Crippen molar-refractivity contribution in [2.45, 2.75) is 26.4 Å². The highest BCUT2D eigenvalue weighted by Gasteiger charge is 2.28. The third-order valence-electron chi connectivity index (χ3n) is 2.19. The molecule has 0 aromatic carbocycles. The van der Waals surface area contributed by atoms with Crippen molar-refractivity contribution in [1.29, 1.82) is 0 Å². The van der Waals surface area contributed by atoms with Crippen LogP contribution in [0.1, 0.15) is 20.3 Å². The van der Waals surface area contributed by atoms with E-state index in [0.717, 1.165) is 0 Å². The molecule has 0 unspecified atom stereocenters. The van der Waals surface area contributed by atoms with Gasteiger partial charge in [0.05, 0.1) is 12.7 Å². The number of nitrogens with two attached hydrogens (primary N) is 2. The number of nitrogens with one attached hydrogen (secondary N) is 2. The lowest BCUT2D eigenvalue weighted by Crippen LogP contribution is -2.47. The minimum atomic E-state index is -1.14. The molecule has 0 fully saturated rings. The number of hydrazine groups is 2. The van der Waals surface area contributed by atoms with Gasteiger partial charge in [0, 0.05) is 6.61 Å². The number of hydrogen-bond donors (Lipinski definition) is 5. The number of ether oxygens (including phenoxy) is 1. The van der Waals surface area contributed by atoms with E-state index >= 15 is 0 Å². The Morgan fingerprint density at radius 3 is 2.06 bits per heavy atom. The molecule has 0 rings (SSSR count).